The number of rotatable bonds is 8. The molecule has 0 heterocycles. The molecule has 0 spiro atoms. The monoisotopic (exact) mass is 1270 g/mol. The summed E-state index contributed by atoms with van der Waals surface area (Å²) in [5, 5.41) is 10.9. The van der Waals surface area contributed by atoms with Gasteiger partial charge in [0.1, 0.15) is 0 Å². The molecule has 4 heteroatoms. The molecule has 10 aromatic rings. The summed E-state index contributed by atoms with van der Waals surface area (Å²) in [6, 6.07) is 73.4. The Morgan fingerprint density at radius 2 is 0.585 bits per heavy atom. The number of halogens is 2. The van der Waals surface area contributed by atoms with Crippen molar-refractivity contribution in [2.45, 2.75) is 83.1 Å². The molecular weight excluding hydrogens is 1190 g/mol. The molecule has 12 rings (SSSR count). The van der Waals surface area contributed by atoms with Gasteiger partial charge >= 0.3 is 198 Å². The second-order valence-electron chi connectivity index (χ2n) is 22.6. The standard InChI is InChI=1S/2C15H13.2C13H10.2C11H17.2ClH.2Zr/c2*1-10-3-5-14-12(7-10)9-13-8-11(2)4-6-15(13)14;2*1-3-7-12(8-4-1)11-13-9-5-2-6-10-13;2*1-8(2)10-5-6-11(7-10)9(3)4;;;;/h2*3-9H,1-2H3;2*1-10H;2*5-6,8-10H,1-4H3;2*1H;;/q2*-1;;;2*-1;;;2*+2/p-2. The van der Waals surface area contributed by atoms with Crippen molar-refractivity contribution in [2.75, 3.05) is 0 Å². The van der Waals surface area contributed by atoms with Crippen LogP contribution < -0.4 is 24.8 Å². The van der Waals surface area contributed by atoms with Gasteiger partial charge in [-0.25, -0.2) is 23.3 Å². The Labute approximate surface area is 534 Å². The summed E-state index contributed by atoms with van der Waals surface area (Å²) in [7, 11) is 0. The van der Waals surface area contributed by atoms with Crippen LogP contribution in [0.5, 0.6) is 0 Å². The second-order valence-corrected chi connectivity index (χ2v) is 25.1. The molecule has 2 aliphatic carbocycles. The molecule has 0 saturated heterocycles. The van der Waals surface area contributed by atoms with E-state index in [9.17, 15) is 0 Å². The van der Waals surface area contributed by atoms with Crippen LogP contribution in [0.25, 0.3) is 43.1 Å². The van der Waals surface area contributed by atoms with E-state index in [1.54, 1.807) is 0 Å². The van der Waals surface area contributed by atoms with Gasteiger partial charge in [0, 0.05) is 0 Å². The summed E-state index contributed by atoms with van der Waals surface area (Å²) < 4.78 is 2.83. The molecule has 0 saturated carbocycles. The molecule has 10 aromatic carbocycles. The van der Waals surface area contributed by atoms with E-state index < -0.39 is 0 Å². The average molecular weight is 1270 g/mol. The molecule has 0 bridgehead atoms. The van der Waals surface area contributed by atoms with Crippen molar-refractivity contribution < 1.29 is 73.3 Å². The normalized spacial score (nSPS) is 13.8. The van der Waals surface area contributed by atoms with Gasteiger partial charge in [0.2, 0.25) is 0 Å². The van der Waals surface area contributed by atoms with Crippen LogP contribution in [0.4, 0.5) is 0 Å². The van der Waals surface area contributed by atoms with Crippen LogP contribution >= 0.6 is 0 Å². The first-order valence-corrected chi connectivity index (χ1v) is 31.1. The van der Waals surface area contributed by atoms with Gasteiger partial charge in [0.15, 0.2) is 0 Å². The number of aryl methyl sites for hydroxylation is 4. The maximum absolute atomic E-state index is 3.50. The Morgan fingerprint density at radius 1 is 0.354 bits per heavy atom. The summed E-state index contributed by atoms with van der Waals surface area (Å²) in [6.45, 7) is 26.4. The topological polar surface area (TPSA) is 0 Å². The summed E-state index contributed by atoms with van der Waals surface area (Å²) in [5.41, 5.74) is 13.4. The van der Waals surface area contributed by atoms with E-state index in [0.29, 0.717) is 35.5 Å². The summed E-state index contributed by atoms with van der Waals surface area (Å²) in [4.78, 5) is 0. The number of benzene rings is 8. The number of hydrogen-bond donors (Lipinski definition) is 0. The molecule has 2 unspecified atom stereocenters. The minimum atomic E-state index is 0. The second kappa shape index (κ2) is 33.1. The molecule has 82 heavy (non-hydrogen) atoms. The third-order valence-electron chi connectivity index (χ3n) is 14.6. The molecule has 416 valence electrons. The van der Waals surface area contributed by atoms with E-state index in [0.717, 1.165) is 0 Å². The van der Waals surface area contributed by atoms with Crippen LogP contribution in [0.2, 0.25) is 0 Å². The van der Waals surface area contributed by atoms with Crippen molar-refractivity contribution in [3.8, 4) is 0 Å². The Hall–Kier alpha value is -5.45. The van der Waals surface area contributed by atoms with Crippen molar-refractivity contribution in [3.63, 3.8) is 0 Å². The minimum absolute atomic E-state index is 0. The first-order chi connectivity index (χ1) is 38.4. The van der Waals surface area contributed by atoms with E-state index in [4.69, 9.17) is 0 Å². The van der Waals surface area contributed by atoms with Gasteiger partial charge in [-0.1, -0.05) is 162 Å². The number of allylic oxidation sites excluding steroid dienone is 8. The van der Waals surface area contributed by atoms with E-state index in [1.807, 2.05) is 0 Å². The fraction of sp³-hybridized carbons (Fsp3) is 0.231. The van der Waals surface area contributed by atoms with Crippen LogP contribution in [0.1, 0.15) is 99.9 Å². The molecule has 2 atom stereocenters. The third-order valence-corrected chi connectivity index (χ3v) is 17.4. The molecular formula is C78H80Cl2Zr2-2. The molecule has 0 aliphatic heterocycles. The zero-order valence-corrected chi connectivity index (χ0v) is 56.6. The van der Waals surface area contributed by atoms with Crippen molar-refractivity contribution in [2.24, 2.45) is 35.5 Å². The van der Waals surface area contributed by atoms with Crippen LogP contribution in [-0.2, 0) is 48.5 Å². The van der Waals surface area contributed by atoms with Crippen molar-refractivity contribution in [3.05, 3.63) is 298 Å². The molecule has 0 aromatic heterocycles. The summed E-state index contributed by atoms with van der Waals surface area (Å²) in [6.07, 6.45) is 16.0. The fourth-order valence-electron chi connectivity index (χ4n) is 9.76. The zero-order chi connectivity index (χ0) is 57.3. The van der Waals surface area contributed by atoms with E-state index >= 15 is 0 Å². The molecule has 2 aliphatic rings. The van der Waals surface area contributed by atoms with Gasteiger partial charge in [-0.05, 0) is 27.7 Å². The van der Waals surface area contributed by atoms with Crippen LogP contribution in [0, 0.1) is 75.4 Å². The van der Waals surface area contributed by atoms with Crippen LogP contribution in [0.3, 0.4) is 0 Å². The van der Waals surface area contributed by atoms with Gasteiger partial charge < -0.3 is 24.8 Å². The van der Waals surface area contributed by atoms with E-state index in [-0.39, 0.29) is 24.8 Å². The van der Waals surface area contributed by atoms with Crippen LogP contribution in [-0.4, -0.2) is 6.41 Å². The Balaban J connectivity index is 0.000000180. The fourth-order valence-corrected chi connectivity index (χ4v) is 11.4. The summed E-state index contributed by atoms with van der Waals surface area (Å²) in [5.74, 6) is 3.79. The van der Waals surface area contributed by atoms with Gasteiger partial charge in [0.25, 0.3) is 0 Å². The van der Waals surface area contributed by atoms with E-state index in [2.05, 4.69) is 326 Å². The maximum atomic E-state index is 3.50. The predicted molar refractivity (Wildman–Crippen MR) is 343 cm³/mol. The molecule has 0 nitrogen and oxygen atoms in total. The number of hydrogen-bond acceptors (Lipinski definition) is 0. The third kappa shape index (κ3) is 19.3. The van der Waals surface area contributed by atoms with Crippen molar-refractivity contribution >= 4 is 49.5 Å². The molecule has 0 N–H and O–H groups in total. The first kappa shape index (κ1) is 67.3. The van der Waals surface area contributed by atoms with Gasteiger partial charge in [-0.3, -0.25) is 12.2 Å². The van der Waals surface area contributed by atoms with E-state index in [1.165, 1.54) is 154 Å². The SMILES string of the molecule is CC(C)C1=[C-]C(C(C)C)C=C1.CC(C)C1=[C-]C(C(C)C)C=C1.Cc1ccc2c(c1)[cH-]c1cc(C)ccc12.Cc1ccc2c(c1)[cH-]c1cc(C)ccc12.[Cl-].[Cl-].[Zr+2]=[C](c1ccccc1)c1ccccc1.[Zr+2]=[C](c1ccccc1)c1ccccc1. The summed E-state index contributed by atoms with van der Waals surface area (Å²) >= 11 is 2.92. The van der Waals surface area contributed by atoms with Gasteiger partial charge in [-0.2, -0.15) is 12.2 Å². The first-order valence-electron chi connectivity index (χ1n) is 28.6. The Kier molecular flexibility index (Phi) is 27.2. The molecule has 0 radical (unpaired) electrons. The molecule has 0 amide bonds. The average Bonchev–Trinajstić information content (AvgIpc) is 4.31. The van der Waals surface area contributed by atoms with Crippen molar-refractivity contribution in [1.29, 1.82) is 0 Å². The Bertz CT molecular complexity index is 3290. The van der Waals surface area contributed by atoms with Gasteiger partial charge in [0.05, 0.1) is 0 Å². The Morgan fingerprint density at radius 3 is 0.768 bits per heavy atom. The van der Waals surface area contributed by atoms with Crippen LogP contribution in [0.15, 0.2) is 242 Å². The molecule has 0 fully saturated rings. The van der Waals surface area contributed by atoms with Gasteiger partial charge in [-0.15, -0.1) is 79.5 Å². The predicted octanol–water partition coefficient (Wildman–Crippen LogP) is 14.7. The zero-order valence-electron chi connectivity index (χ0n) is 50.2. The quantitative estimate of drug-likeness (QED) is 0.133. The number of fused-ring (bicyclic) bond motifs is 6. The van der Waals surface area contributed by atoms with Crippen molar-refractivity contribution in [1.82, 2.24) is 0 Å².